The van der Waals surface area contributed by atoms with E-state index in [0.717, 1.165) is 17.0 Å². The molecule has 0 saturated carbocycles. The summed E-state index contributed by atoms with van der Waals surface area (Å²) in [6.07, 6.45) is 6.02. The Hall–Kier alpha value is -1.11. The second kappa shape index (κ2) is 6.36. The van der Waals surface area contributed by atoms with Gasteiger partial charge in [-0.05, 0) is 32.3 Å². The van der Waals surface area contributed by atoms with Crippen LogP contribution in [0.5, 0.6) is 0 Å². The monoisotopic (exact) mass is 191 g/mol. The van der Waals surface area contributed by atoms with Crippen LogP contribution >= 0.6 is 0 Å². The molecule has 1 nitrogen and oxygen atoms in total. The highest BCUT2D eigenvalue weighted by molar-refractivity contribution is 5.84. The average molecular weight is 191 g/mol. The predicted octanol–water partition coefficient (Wildman–Crippen LogP) is 4.14. The predicted molar refractivity (Wildman–Crippen MR) is 65.7 cm³/mol. The van der Waals surface area contributed by atoms with Crippen LogP contribution in [0.4, 0.5) is 0 Å². The lowest BCUT2D eigenvalue weighted by molar-refractivity contribution is 0.875. The average Bonchev–Trinajstić information content (AvgIpc) is 2.13. The Balaban J connectivity index is 4.57. The van der Waals surface area contributed by atoms with Crippen molar-refractivity contribution in [1.29, 1.82) is 0 Å². The van der Waals surface area contributed by atoms with Crippen LogP contribution in [-0.4, -0.2) is 5.71 Å². The summed E-state index contributed by atoms with van der Waals surface area (Å²) in [5, 5.41) is 0. The zero-order valence-electron chi connectivity index (χ0n) is 9.96. The highest BCUT2D eigenvalue weighted by Crippen LogP contribution is 2.10. The molecule has 0 aromatic rings. The van der Waals surface area contributed by atoms with Gasteiger partial charge in [0.05, 0.1) is 5.70 Å². The summed E-state index contributed by atoms with van der Waals surface area (Å²) in [7, 11) is 0. The standard InChI is InChI=1S/C13H21N/c1-7-8-9-11(4)13(6)14-12(5)10(2)3/h7-10H,6H2,1-5H3/b8-7?,11-9+,14-12?. The number of allylic oxidation sites excluding steroid dienone is 4. The minimum Gasteiger partial charge on any atom is -0.258 e. The van der Waals surface area contributed by atoms with E-state index in [9.17, 15) is 0 Å². The molecule has 14 heavy (non-hydrogen) atoms. The van der Waals surface area contributed by atoms with E-state index >= 15 is 0 Å². The van der Waals surface area contributed by atoms with Gasteiger partial charge in [0.15, 0.2) is 0 Å². The first-order valence-corrected chi connectivity index (χ1v) is 5.03. The summed E-state index contributed by atoms with van der Waals surface area (Å²) in [5.74, 6) is 0.487. The van der Waals surface area contributed by atoms with Gasteiger partial charge in [-0.1, -0.05) is 38.7 Å². The first-order chi connectivity index (χ1) is 6.49. The Morgan fingerprint density at radius 3 is 2.29 bits per heavy atom. The summed E-state index contributed by atoms with van der Waals surface area (Å²) < 4.78 is 0. The molecule has 0 heterocycles. The fraction of sp³-hybridized carbons (Fsp3) is 0.462. The zero-order valence-corrected chi connectivity index (χ0v) is 9.96. The molecule has 0 atom stereocenters. The van der Waals surface area contributed by atoms with Crippen LogP contribution in [0, 0.1) is 5.92 Å². The van der Waals surface area contributed by atoms with Gasteiger partial charge in [-0.25, -0.2) is 0 Å². The van der Waals surface area contributed by atoms with Gasteiger partial charge in [-0.2, -0.15) is 0 Å². The van der Waals surface area contributed by atoms with E-state index in [1.165, 1.54) is 0 Å². The fourth-order valence-electron chi connectivity index (χ4n) is 0.767. The fourth-order valence-corrected chi connectivity index (χ4v) is 0.767. The van der Waals surface area contributed by atoms with Gasteiger partial charge in [-0.15, -0.1) is 0 Å². The molecular weight excluding hydrogens is 170 g/mol. The number of nitrogens with zero attached hydrogens (tertiary/aromatic N) is 1. The molecule has 0 fully saturated rings. The van der Waals surface area contributed by atoms with Crippen LogP contribution in [-0.2, 0) is 0 Å². The van der Waals surface area contributed by atoms with Crippen molar-refractivity contribution in [2.45, 2.75) is 34.6 Å². The van der Waals surface area contributed by atoms with Gasteiger partial charge >= 0.3 is 0 Å². The van der Waals surface area contributed by atoms with Crippen LogP contribution < -0.4 is 0 Å². The number of hydrogen-bond acceptors (Lipinski definition) is 1. The van der Waals surface area contributed by atoms with Crippen LogP contribution in [0.1, 0.15) is 34.6 Å². The molecule has 0 aliphatic rings. The molecule has 0 N–H and O–H groups in total. The molecule has 78 valence electrons. The molecule has 0 aliphatic carbocycles. The molecular formula is C13H21N. The van der Waals surface area contributed by atoms with Gasteiger partial charge in [0.25, 0.3) is 0 Å². The van der Waals surface area contributed by atoms with E-state index in [-0.39, 0.29) is 0 Å². The third-order valence-corrected chi connectivity index (χ3v) is 2.14. The number of aliphatic imine (C=N–C) groups is 1. The molecule has 0 bridgehead atoms. The van der Waals surface area contributed by atoms with Crippen molar-refractivity contribution in [2.24, 2.45) is 10.9 Å². The summed E-state index contributed by atoms with van der Waals surface area (Å²) in [5.41, 5.74) is 3.10. The van der Waals surface area contributed by atoms with Crippen molar-refractivity contribution in [3.63, 3.8) is 0 Å². The van der Waals surface area contributed by atoms with Crippen LogP contribution in [0.3, 0.4) is 0 Å². The molecule has 0 unspecified atom stereocenters. The van der Waals surface area contributed by atoms with E-state index in [1.807, 2.05) is 39.0 Å². The normalized spacial score (nSPS) is 14.1. The molecule has 0 amide bonds. The van der Waals surface area contributed by atoms with E-state index < -0.39 is 0 Å². The summed E-state index contributed by atoms with van der Waals surface area (Å²) in [6, 6.07) is 0. The first-order valence-electron chi connectivity index (χ1n) is 5.03. The van der Waals surface area contributed by atoms with Crippen molar-refractivity contribution < 1.29 is 0 Å². The first kappa shape index (κ1) is 12.9. The van der Waals surface area contributed by atoms with Gasteiger partial charge in [-0.3, -0.25) is 4.99 Å². The van der Waals surface area contributed by atoms with Gasteiger partial charge in [0.1, 0.15) is 0 Å². The van der Waals surface area contributed by atoms with Crippen molar-refractivity contribution in [3.05, 3.63) is 36.1 Å². The van der Waals surface area contributed by atoms with Crippen LogP contribution in [0.2, 0.25) is 0 Å². The lowest BCUT2D eigenvalue weighted by Gasteiger charge is -2.05. The van der Waals surface area contributed by atoms with Crippen LogP contribution in [0.25, 0.3) is 0 Å². The molecule has 0 aromatic carbocycles. The molecule has 0 spiro atoms. The maximum absolute atomic E-state index is 4.45. The topological polar surface area (TPSA) is 12.4 Å². The zero-order chi connectivity index (χ0) is 11.1. The summed E-state index contributed by atoms with van der Waals surface area (Å²) >= 11 is 0. The summed E-state index contributed by atoms with van der Waals surface area (Å²) in [6.45, 7) is 14.3. The molecule has 0 rings (SSSR count). The Bertz CT molecular complexity index is 278. The van der Waals surface area contributed by atoms with E-state index in [1.54, 1.807) is 0 Å². The maximum atomic E-state index is 4.45. The largest absolute Gasteiger partial charge is 0.258 e. The maximum Gasteiger partial charge on any atom is 0.0586 e. The van der Waals surface area contributed by atoms with Crippen molar-refractivity contribution in [3.8, 4) is 0 Å². The van der Waals surface area contributed by atoms with Crippen molar-refractivity contribution in [2.75, 3.05) is 0 Å². The Morgan fingerprint density at radius 2 is 1.86 bits per heavy atom. The Labute approximate surface area is 87.9 Å². The van der Waals surface area contributed by atoms with E-state index in [2.05, 4.69) is 25.4 Å². The number of rotatable bonds is 4. The minimum atomic E-state index is 0.487. The minimum absolute atomic E-state index is 0.487. The second-order valence-electron chi connectivity index (χ2n) is 3.73. The van der Waals surface area contributed by atoms with Gasteiger partial charge in [0, 0.05) is 5.71 Å². The molecule has 1 heteroatoms. The van der Waals surface area contributed by atoms with Crippen LogP contribution in [0.15, 0.2) is 41.1 Å². The quantitative estimate of drug-likeness (QED) is 0.468. The highest BCUT2D eigenvalue weighted by atomic mass is 14.8. The SMILES string of the molecule is C=C(N=C(C)C(C)C)/C(C)=C/C=CC. The summed E-state index contributed by atoms with van der Waals surface area (Å²) in [4.78, 5) is 4.45. The molecule has 0 radical (unpaired) electrons. The third kappa shape index (κ3) is 4.80. The van der Waals surface area contributed by atoms with E-state index in [4.69, 9.17) is 0 Å². The molecule has 0 aromatic heterocycles. The molecule has 0 saturated heterocycles. The van der Waals surface area contributed by atoms with Gasteiger partial charge < -0.3 is 0 Å². The number of hydrogen-bond donors (Lipinski definition) is 0. The smallest absolute Gasteiger partial charge is 0.0586 e. The lowest BCUT2D eigenvalue weighted by Crippen LogP contribution is -2.02. The van der Waals surface area contributed by atoms with Gasteiger partial charge in [0.2, 0.25) is 0 Å². The van der Waals surface area contributed by atoms with E-state index in [0.29, 0.717) is 5.92 Å². The van der Waals surface area contributed by atoms with Crippen molar-refractivity contribution in [1.82, 2.24) is 0 Å². The Morgan fingerprint density at radius 1 is 1.29 bits per heavy atom. The third-order valence-electron chi connectivity index (χ3n) is 2.14. The molecule has 0 aliphatic heterocycles. The highest BCUT2D eigenvalue weighted by Gasteiger charge is 1.99. The second-order valence-corrected chi connectivity index (χ2v) is 3.73. The lowest BCUT2D eigenvalue weighted by atomic mass is 10.1. The van der Waals surface area contributed by atoms with Crippen molar-refractivity contribution >= 4 is 5.71 Å². The Kier molecular flexibility index (Phi) is 5.86.